The first-order valence-corrected chi connectivity index (χ1v) is 6.76. The Kier molecular flexibility index (Phi) is 2.32. The number of rotatable bonds is 1. The first-order valence-electron chi connectivity index (χ1n) is 6.76. The van der Waals surface area contributed by atoms with E-state index in [1.165, 1.54) is 11.1 Å². The minimum Gasteiger partial charge on any atom is -0.298 e. The number of fused-ring (bicyclic) bond motifs is 1. The summed E-state index contributed by atoms with van der Waals surface area (Å²) in [5, 5.41) is 0. The molecule has 2 atom stereocenters. The van der Waals surface area contributed by atoms with Crippen LogP contribution in [-0.4, -0.2) is 5.78 Å². The van der Waals surface area contributed by atoms with Gasteiger partial charge in [0, 0.05) is 16.7 Å². The first kappa shape index (κ1) is 11.7. The van der Waals surface area contributed by atoms with Crippen LogP contribution in [0.2, 0.25) is 0 Å². The van der Waals surface area contributed by atoms with Gasteiger partial charge in [-0.3, -0.25) is 4.79 Å². The number of carbonyl (C=O) groups is 1. The van der Waals surface area contributed by atoms with E-state index >= 15 is 0 Å². The van der Waals surface area contributed by atoms with Crippen molar-refractivity contribution in [2.45, 2.75) is 39.0 Å². The Hall–Kier alpha value is -1.37. The van der Waals surface area contributed by atoms with Crippen molar-refractivity contribution in [3.05, 3.63) is 48.0 Å². The number of hydrogen-bond acceptors (Lipinski definition) is 1. The Labute approximate surface area is 109 Å². The fourth-order valence-electron chi connectivity index (χ4n) is 4.00. The lowest BCUT2D eigenvalue weighted by atomic mass is 9.71. The molecule has 94 valence electrons. The van der Waals surface area contributed by atoms with E-state index in [1.54, 1.807) is 0 Å². The Morgan fingerprint density at radius 3 is 2.61 bits per heavy atom. The molecule has 1 nitrogen and oxygen atoms in total. The lowest BCUT2D eigenvalue weighted by molar-refractivity contribution is -0.132. The topological polar surface area (TPSA) is 17.1 Å². The molecule has 1 saturated carbocycles. The van der Waals surface area contributed by atoms with Crippen molar-refractivity contribution in [2.75, 3.05) is 0 Å². The molecular formula is C17H20O. The average Bonchev–Trinajstić information content (AvgIpc) is 2.80. The molecule has 0 heterocycles. The standard InChI is InChI=1S/C17H20O/c1-4-14-13-8-6-5-7-12(13)11-17(14)10-9-16(2,3)15(17)18/h4-8,14H,1,9-11H2,2-3H3/t14-,17-/m1/s1. The molecule has 1 aromatic rings. The van der Waals surface area contributed by atoms with Gasteiger partial charge >= 0.3 is 0 Å². The van der Waals surface area contributed by atoms with Crippen LogP contribution in [-0.2, 0) is 11.2 Å². The van der Waals surface area contributed by atoms with E-state index in [0.717, 1.165) is 19.3 Å². The summed E-state index contributed by atoms with van der Waals surface area (Å²) in [5.41, 5.74) is 2.30. The summed E-state index contributed by atoms with van der Waals surface area (Å²) in [5.74, 6) is 0.652. The summed E-state index contributed by atoms with van der Waals surface area (Å²) < 4.78 is 0. The molecule has 0 N–H and O–H groups in total. The number of carbonyl (C=O) groups excluding carboxylic acids is 1. The van der Waals surface area contributed by atoms with Crippen LogP contribution in [0.3, 0.4) is 0 Å². The lowest BCUT2D eigenvalue weighted by Gasteiger charge is -2.30. The molecule has 2 aliphatic carbocycles. The second-order valence-electron chi connectivity index (χ2n) is 6.46. The number of benzene rings is 1. The maximum Gasteiger partial charge on any atom is 0.145 e. The zero-order valence-corrected chi connectivity index (χ0v) is 11.2. The average molecular weight is 240 g/mol. The molecule has 0 bridgehead atoms. The van der Waals surface area contributed by atoms with Crippen LogP contribution in [0.1, 0.15) is 43.7 Å². The predicted octanol–water partition coefficient (Wildman–Crippen LogP) is 3.89. The number of hydrogen-bond donors (Lipinski definition) is 0. The predicted molar refractivity (Wildman–Crippen MR) is 73.5 cm³/mol. The number of allylic oxidation sites excluding steroid dienone is 1. The van der Waals surface area contributed by atoms with Gasteiger partial charge in [0.2, 0.25) is 0 Å². The molecule has 3 rings (SSSR count). The van der Waals surface area contributed by atoms with Gasteiger partial charge in [-0.05, 0) is 30.4 Å². The minimum atomic E-state index is -0.199. The first-order chi connectivity index (χ1) is 8.51. The second-order valence-corrected chi connectivity index (χ2v) is 6.46. The molecule has 0 unspecified atom stereocenters. The molecule has 18 heavy (non-hydrogen) atoms. The van der Waals surface area contributed by atoms with Crippen LogP contribution in [0.4, 0.5) is 0 Å². The van der Waals surface area contributed by atoms with Crippen molar-refractivity contribution in [1.82, 2.24) is 0 Å². The van der Waals surface area contributed by atoms with Crippen LogP contribution < -0.4 is 0 Å². The summed E-state index contributed by atoms with van der Waals surface area (Å²) in [6.07, 6.45) is 4.90. The van der Waals surface area contributed by atoms with Gasteiger partial charge in [-0.15, -0.1) is 6.58 Å². The molecule has 0 amide bonds. The molecule has 0 saturated heterocycles. The largest absolute Gasteiger partial charge is 0.298 e. The van der Waals surface area contributed by atoms with Crippen molar-refractivity contribution in [1.29, 1.82) is 0 Å². The zero-order chi connectivity index (χ0) is 13.0. The van der Waals surface area contributed by atoms with E-state index in [9.17, 15) is 4.79 Å². The normalized spacial score (nSPS) is 32.8. The molecule has 0 aromatic heterocycles. The maximum absolute atomic E-state index is 12.8. The van der Waals surface area contributed by atoms with E-state index in [2.05, 4.69) is 44.7 Å². The molecule has 1 aromatic carbocycles. The summed E-state index contributed by atoms with van der Waals surface area (Å²) >= 11 is 0. The summed E-state index contributed by atoms with van der Waals surface area (Å²) in [6.45, 7) is 8.17. The quantitative estimate of drug-likeness (QED) is 0.681. The van der Waals surface area contributed by atoms with E-state index < -0.39 is 0 Å². The Balaban J connectivity index is 2.12. The third kappa shape index (κ3) is 1.31. The van der Waals surface area contributed by atoms with Crippen molar-refractivity contribution < 1.29 is 4.79 Å². The Morgan fingerprint density at radius 1 is 1.28 bits per heavy atom. The van der Waals surface area contributed by atoms with Crippen LogP contribution in [0, 0.1) is 10.8 Å². The molecule has 1 fully saturated rings. The Morgan fingerprint density at radius 2 is 2.00 bits per heavy atom. The smallest absolute Gasteiger partial charge is 0.145 e. The van der Waals surface area contributed by atoms with Gasteiger partial charge < -0.3 is 0 Å². The van der Waals surface area contributed by atoms with Crippen molar-refractivity contribution >= 4 is 5.78 Å². The fourth-order valence-corrected chi connectivity index (χ4v) is 4.00. The SMILES string of the molecule is C=C[C@@H]1c2ccccc2C[C@]12CCC(C)(C)C2=O. The summed E-state index contributed by atoms with van der Waals surface area (Å²) in [7, 11) is 0. The molecule has 2 aliphatic rings. The molecular weight excluding hydrogens is 220 g/mol. The maximum atomic E-state index is 12.8. The van der Waals surface area contributed by atoms with Crippen LogP contribution >= 0.6 is 0 Å². The number of ketones is 1. The number of Topliss-reactive ketones (excluding diaryl/α,β-unsaturated/α-hetero) is 1. The van der Waals surface area contributed by atoms with E-state index in [4.69, 9.17) is 0 Å². The Bertz CT molecular complexity index is 526. The van der Waals surface area contributed by atoms with Crippen molar-refractivity contribution in [3.63, 3.8) is 0 Å². The van der Waals surface area contributed by atoms with Crippen LogP contribution in [0.5, 0.6) is 0 Å². The van der Waals surface area contributed by atoms with Gasteiger partial charge in [-0.25, -0.2) is 0 Å². The summed E-state index contributed by atoms with van der Waals surface area (Å²) in [6, 6.07) is 8.47. The third-order valence-corrected chi connectivity index (χ3v) is 4.99. The van der Waals surface area contributed by atoms with Crippen LogP contribution in [0.25, 0.3) is 0 Å². The second kappa shape index (κ2) is 3.57. The molecule has 0 radical (unpaired) electrons. The highest BCUT2D eigenvalue weighted by atomic mass is 16.1. The lowest BCUT2D eigenvalue weighted by Crippen LogP contribution is -2.35. The molecule has 0 aliphatic heterocycles. The highest BCUT2D eigenvalue weighted by Crippen LogP contribution is 2.59. The van der Waals surface area contributed by atoms with Gasteiger partial charge in [-0.2, -0.15) is 0 Å². The fraction of sp³-hybridized carbons (Fsp3) is 0.471. The van der Waals surface area contributed by atoms with Crippen molar-refractivity contribution in [3.8, 4) is 0 Å². The van der Waals surface area contributed by atoms with Gasteiger partial charge in [-0.1, -0.05) is 44.2 Å². The minimum absolute atomic E-state index is 0.163. The van der Waals surface area contributed by atoms with E-state index in [1.807, 2.05) is 6.08 Å². The molecule has 1 heteroatoms. The molecule has 1 spiro atoms. The monoisotopic (exact) mass is 240 g/mol. The van der Waals surface area contributed by atoms with Gasteiger partial charge in [0.05, 0.1) is 0 Å². The van der Waals surface area contributed by atoms with Gasteiger partial charge in [0.1, 0.15) is 5.78 Å². The highest BCUT2D eigenvalue weighted by molar-refractivity contribution is 5.94. The van der Waals surface area contributed by atoms with Crippen molar-refractivity contribution in [2.24, 2.45) is 10.8 Å². The summed E-state index contributed by atoms with van der Waals surface area (Å²) in [4.78, 5) is 12.8. The third-order valence-electron chi connectivity index (χ3n) is 4.99. The highest BCUT2D eigenvalue weighted by Gasteiger charge is 2.58. The van der Waals surface area contributed by atoms with Crippen LogP contribution in [0.15, 0.2) is 36.9 Å². The van der Waals surface area contributed by atoms with E-state index in [0.29, 0.717) is 5.78 Å². The van der Waals surface area contributed by atoms with Gasteiger partial charge in [0.25, 0.3) is 0 Å². The van der Waals surface area contributed by atoms with E-state index in [-0.39, 0.29) is 16.7 Å². The zero-order valence-electron chi connectivity index (χ0n) is 11.2. The van der Waals surface area contributed by atoms with Gasteiger partial charge in [0.15, 0.2) is 0 Å².